The molecule has 0 radical (unpaired) electrons. The van der Waals surface area contributed by atoms with Crippen molar-refractivity contribution in [3.05, 3.63) is 36.3 Å². The lowest BCUT2D eigenvalue weighted by molar-refractivity contribution is 0.0833. The van der Waals surface area contributed by atoms with Gasteiger partial charge in [0.2, 0.25) is 5.95 Å². The Balaban J connectivity index is 1.18. The van der Waals surface area contributed by atoms with E-state index in [2.05, 4.69) is 61.8 Å². The number of piperazine rings is 1. The highest BCUT2D eigenvalue weighted by Gasteiger charge is 2.41. The largest absolute Gasteiger partial charge is 0.367 e. The maximum Gasteiger partial charge on any atom is 0.268 e. The molecule has 6 rings (SSSR count). The minimum atomic E-state index is -0.0925. The minimum absolute atomic E-state index is 0.0268. The fourth-order valence-electron chi connectivity index (χ4n) is 6.47. The van der Waals surface area contributed by atoms with Crippen LogP contribution in [0.1, 0.15) is 69.8 Å². The number of pyridine rings is 1. The zero-order valence-corrected chi connectivity index (χ0v) is 22.9. The van der Waals surface area contributed by atoms with Crippen LogP contribution in [0.4, 0.5) is 17.5 Å². The van der Waals surface area contributed by atoms with Crippen molar-refractivity contribution in [2.45, 2.75) is 70.9 Å². The summed E-state index contributed by atoms with van der Waals surface area (Å²) in [6.07, 6.45) is 10.7. The first-order valence-electron chi connectivity index (χ1n) is 14.3. The molecule has 9 heteroatoms. The summed E-state index contributed by atoms with van der Waals surface area (Å²) < 4.78 is 2.20. The van der Waals surface area contributed by atoms with Crippen LogP contribution in [0.2, 0.25) is 0 Å². The number of hydrogen-bond donors (Lipinski definition) is 2. The van der Waals surface area contributed by atoms with Crippen LogP contribution in [-0.2, 0) is 5.54 Å². The van der Waals surface area contributed by atoms with Gasteiger partial charge < -0.3 is 20.1 Å². The van der Waals surface area contributed by atoms with Gasteiger partial charge in [0.1, 0.15) is 17.2 Å². The molecular formula is C29H40N8O. The minimum Gasteiger partial charge on any atom is -0.367 e. The molecule has 0 aromatic carbocycles. The molecule has 1 atom stereocenters. The van der Waals surface area contributed by atoms with E-state index >= 15 is 0 Å². The fraction of sp³-hybridized carbons (Fsp3) is 0.586. The second-order valence-corrected chi connectivity index (χ2v) is 11.8. The Morgan fingerprint density at radius 1 is 1.13 bits per heavy atom. The molecule has 38 heavy (non-hydrogen) atoms. The standard InChI is InChI=1S/C29H40N8O/c1-20(2)9-12-35-13-14-36(18-21(35)3)23-7-8-25(30-17-23)33-28-31-16-22-15-24-27(38)32-19-29(10-5-4-6-11-29)37(24)26(22)34-28/h7-8,15-17,20-21H,4-6,9-14,18-19H2,1-3H3,(H,32,38)(H,30,31,33,34). The summed E-state index contributed by atoms with van der Waals surface area (Å²) in [4.78, 5) is 31.9. The van der Waals surface area contributed by atoms with Gasteiger partial charge in [-0.25, -0.2) is 9.97 Å². The number of hydrogen-bond acceptors (Lipinski definition) is 7. The zero-order chi connectivity index (χ0) is 26.3. The van der Waals surface area contributed by atoms with E-state index in [1.54, 1.807) is 0 Å². The Kier molecular flexibility index (Phi) is 6.72. The number of fused-ring (bicyclic) bond motifs is 4. The van der Waals surface area contributed by atoms with Crippen molar-refractivity contribution in [2.24, 2.45) is 5.92 Å². The molecule has 1 aliphatic carbocycles. The predicted octanol–water partition coefficient (Wildman–Crippen LogP) is 4.53. The second-order valence-electron chi connectivity index (χ2n) is 11.8. The van der Waals surface area contributed by atoms with Crippen molar-refractivity contribution in [1.82, 2.24) is 29.7 Å². The molecule has 3 aromatic heterocycles. The molecule has 2 fully saturated rings. The molecule has 2 aliphatic heterocycles. The van der Waals surface area contributed by atoms with Gasteiger partial charge in [-0.15, -0.1) is 0 Å². The van der Waals surface area contributed by atoms with E-state index < -0.39 is 0 Å². The lowest BCUT2D eigenvalue weighted by Gasteiger charge is -2.42. The van der Waals surface area contributed by atoms with Crippen molar-refractivity contribution in [1.29, 1.82) is 0 Å². The molecule has 0 bridgehead atoms. The zero-order valence-electron chi connectivity index (χ0n) is 22.9. The van der Waals surface area contributed by atoms with E-state index in [9.17, 15) is 4.79 Å². The molecule has 1 unspecified atom stereocenters. The Hall–Kier alpha value is -3.20. The highest BCUT2D eigenvalue weighted by Crippen LogP contribution is 2.40. The number of rotatable bonds is 6. The van der Waals surface area contributed by atoms with Crippen LogP contribution < -0.4 is 15.5 Å². The van der Waals surface area contributed by atoms with Crippen molar-refractivity contribution < 1.29 is 4.79 Å². The Morgan fingerprint density at radius 2 is 1.97 bits per heavy atom. The lowest BCUT2D eigenvalue weighted by Crippen LogP contribution is -2.52. The highest BCUT2D eigenvalue weighted by atomic mass is 16.2. The van der Waals surface area contributed by atoms with Gasteiger partial charge in [-0.1, -0.05) is 33.1 Å². The smallest absolute Gasteiger partial charge is 0.268 e. The summed E-state index contributed by atoms with van der Waals surface area (Å²) in [5, 5.41) is 7.32. The van der Waals surface area contributed by atoms with Gasteiger partial charge in [0.15, 0.2) is 0 Å². The van der Waals surface area contributed by atoms with Gasteiger partial charge in [0, 0.05) is 43.8 Å². The Labute approximate surface area is 225 Å². The third-order valence-corrected chi connectivity index (χ3v) is 8.72. The topological polar surface area (TPSA) is 91.2 Å². The summed E-state index contributed by atoms with van der Waals surface area (Å²) in [5.74, 6) is 1.93. The third-order valence-electron chi connectivity index (χ3n) is 8.72. The average molecular weight is 517 g/mol. The summed E-state index contributed by atoms with van der Waals surface area (Å²) in [6.45, 7) is 11.9. The summed E-state index contributed by atoms with van der Waals surface area (Å²) in [5.41, 5.74) is 2.58. The van der Waals surface area contributed by atoms with Crippen molar-refractivity contribution in [3.63, 3.8) is 0 Å². The summed E-state index contributed by atoms with van der Waals surface area (Å²) in [7, 11) is 0. The normalized spacial score (nSPS) is 21.6. The lowest BCUT2D eigenvalue weighted by atomic mass is 9.80. The highest BCUT2D eigenvalue weighted by molar-refractivity contribution is 5.99. The summed E-state index contributed by atoms with van der Waals surface area (Å²) in [6, 6.07) is 6.59. The van der Waals surface area contributed by atoms with Crippen LogP contribution in [0.5, 0.6) is 0 Å². The predicted molar refractivity (Wildman–Crippen MR) is 151 cm³/mol. The van der Waals surface area contributed by atoms with Gasteiger partial charge in [-0.05, 0) is 56.8 Å². The van der Waals surface area contributed by atoms with E-state index in [-0.39, 0.29) is 11.4 Å². The van der Waals surface area contributed by atoms with Crippen LogP contribution in [0.25, 0.3) is 11.0 Å². The number of carbonyl (C=O) groups is 1. The number of nitrogens with one attached hydrogen (secondary N) is 2. The molecule has 5 heterocycles. The number of carbonyl (C=O) groups excluding carboxylic acids is 1. The maximum absolute atomic E-state index is 12.7. The molecule has 1 saturated heterocycles. The average Bonchev–Trinajstić information content (AvgIpc) is 3.32. The van der Waals surface area contributed by atoms with E-state index in [1.165, 1.54) is 32.2 Å². The maximum atomic E-state index is 12.7. The number of amides is 1. The van der Waals surface area contributed by atoms with E-state index in [1.807, 2.05) is 24.5 Å². The van der Waals surface area contributed by atoms with Crippen LogP contribution in [0.15, 0.2) is 30.6 Å². The van der Waals surface area contributed by atoms with Gasteiger partial charge in [0.25, 0.3) is 5.91 Å². The quantitative estimate of drug-likeness (QED) is 0.497. The number of aromatic nitrogens is 4. The molecule has 2 N–H and O–H groups in total. The van der Waals surface area contributed by atoms with Gasteiger partial charge in [-0.2, -0.15) is 4.98 Å². The molecule has 9 nitrogen and oxygen atoms in total. The van der Waals surface area contributed by atoms with Gasteiger partial charge in [-0.3, -0.25) is 9.69 Å². The second kappa shape index (κ2) is 10.2. The molecule has 202 valence electrons. The molecule has 3 aliphatic rings. The fourth-order valence-corrected chi connectivity index (χ4v) is 6.47. The third kappa shape index (κ3) is 4.72. The van der Waals surface area contributed by atoms with Crippen molar-refractivity contribution in [2.75, 3.05) is 42.9 Å². The van der Waals surface area contributed by atoms with Gasteiger partial charge >= 0.3 is 0 Å². The SMILES string of the molecule is CC(C)CCN1CCN(c2ccc(Nc3ncc4cc5n(c4n3)C3(CCCCC3)CNC5=O)nc2)CC1C. The molecule has 1 amide bonds. The van der Waals surface area contributed by atoms with Crippen molar-refractivity contribution >= 4 is 34.4 Å². The van der Waals surface area contributed by atoms with Crippen molar-refractivity contribution in [3.8, 4) is 0 Å². The van der Waals surface area contributed by atoms with Crippen LogP contribution in [-0.4, -0.2) is 69.1 Å². The molecule has 3 aromatic rings. The van der Waals surface area contributed by atoms with E-state index in [4.69, 9.17) is 4.98 Å². The number of nitrogens with zero attached hydrogens (tertiary/aromatic N) is 6. The Bertz CT molecular complexity index is 1290. The molecule has 1 saturated carbocycles. The first-order valence-corrected chi connectivity index (χ1v) is 14.3. The summed E-state index contributed by atoms with van der Waals surface area (Å²) >= 11 is 0. The van der Waals surface area contributed by atoms with Crippen LogP contribution >= 0.6 is 0 Å². The first-order chi connectivity index (χ1) is 18.4. The molecular weight excluding hydrogens is 476 g/mol. The van der Waals surface area contributed by atoms with E-state index in [0.717, 1.165) is 55.1 Å². The molecule has 1 spiro atoms. The van der Waals surface area contributed by atoms with E-state index in [0.29, 0.717) is 30.0 Å². The van der Waals surface area contributed by atoms with Gasteiger partial charge in [0.05, 0.1) is 17.4 Å². The number of anilines is 3. The van der Waals surface area contributed by atoms with Crippen LogP contribution in [0, 0.1) is 5.92 Å². The monoisotopic (exact) mass is 516 g/mol. The Morgan fingerprint density at radius 3 is 2.71 bits per heavy atom. The first kappa shape index (κ1) is 25.1. The van der Waals surface area contributed by atoms with Crippen LogP contribution in [0.3, 0.4) is 0 Å².